The maximum Gasteiger partial charge on any atom is 0.275 e. The number of benzene rings is 4. The average Bonchev–Trinajstić information content (AvgIpc) is 3.49. The zero-order valence-corrected chi connectivity index (χ0v) is 24.5. The summed E-state index contributed by atoms with van der Waals surface area (Å²) < 4.78 is 0. The van der Waals surface area contributed by atoms with E-state index in [0.717, 1.165) is 47.2 Å². The van der Waals surface area contributed by atoms with Crippen LogP contribution in [0.3, 0.4) is 0 Å². The number of hydrogen-bond donors (Lipinski definition) is 0. The number of amides is 1. The quantitative estimate of drug-likeness (QED) is 0.141. The maximum absolute atomic E-state index is 14.7. The molecule has 2 atom stereocenters. The van der Waals surface area contributed by atoms with Crippen LogP contribution < -0.4 is 0 Å². The van der Waals surface area contributed by atoms with Gasteiger partial charge in [0, 0.05) is 41.1 Å². The number of fused-ring (bicyclic) bond motifs is 2. The first kappa shape index (κ1) is 28.7. The van der Waals surface area contributed by atoms with Crippen molar-refractivity contribution in [3.63, 3.8) is 0 Å². The fourth-order valence-electron chi connectivity index (χ4n) is 6.42. The number of rotatable bonds is 6. The largest absolute Gasteiger partial charge is 0.275 e. The van der Waals surface area contributed by atoms with Gasteiger partial charge in [-0.3, -0.25) is 25.0 Å². The molecule has 1 aliphatic heterocycles. The summed E-state index contributed by atoms with van der Waals surface area (Å²) in [5, 5.41) is 29.8. The lowest BCUT2D eigenvalue weighted by Crippen LogP contribution is -2.32. The standard InChI is InChI=1S/C36H27N5O5/c42-36(31-22-33(24-7-2-1-3-8-24)37-32-12-5-4-10-29(31)32)39-35(25-15-19-28(20-16-25)41(45)46)30-11-6-9-26(34(30)38-39)21-23-13-17-27(18-14-23)40(43)44/h1-5,7-8,10,12-22,30,35H,6,9,11H2. The Balaban J connectivity index is 1.35. The normalized spacial score (nSPS) is 18.3. The molecule has 0 radical (unpaired) electrons. The van der Waals surface area contributed by atoms with E-state index in [1.54, 1.807) is 24.3 Å². The monoisotopic (exact) mass is 609 g/mol. The summed E-state index contributed by atoms with van der Waals surface area (Å²) in [4.78, 5) is 41.3. The van der Waals surface area contributed by atoms with Crippen molar-refractivity contribution in [1.82, 2.24) is 9.99 Å². The first-order chi connectivity index (χ1) is 22.4. The number of carbonyl (C=O) groups is 1. The number of nitrogens with zero attached hydrogens (tertiary/aromatic N) is 5. The summed E-state index contributed by atoms with van der Waals surface area (Å²) in [5.41, 5.74) is 5.95. The van der Waals surface area contributed by atoms with Crippen LogP contribution in [-0.2, 0) is 0 Å². The summed E-state index contributed by atoms with van der Waals surface area (Å²) in [6.45, 7) is 0. The van der Waals surface area contributed by atoms with Crippen molar-refractivity contribution in [3.05, 3.63) is 152 Å². The lowest BCUT2D eigenvalue weighted by atomic mass is 9.77. The van der Waals surface area contributed by atoms with Crippen LogP contribution in [0.4, 0.5) is 11.4 Å². The summed E-state index contributed by atoms with van der Waals surface area (Å²) in [5.74, 6) is -0.444. The molecule has 10 heteroatoms. The zero-order chi connectivity index (χ0) is 31.8. The molecule has 1 aromatic heterocycles. The molecule has 4 aromatic carbocycles. The summed E-state index contributed by atoms with van der Waals surface area (Å²) in [6.07, 6.45) is 4.33. The third-order valence-electron chi connectivity index (χ3n) is 8.62. The maximum atomic E-state index is 14.7. The van der Waals surface area contributed by atoms with Crippen molar-refractivity contribution >= 4 is 40.0 Å². The van der Waals surface area contributed by atoms with Crippen LogP contribution in [-0.4, -0.2) is 31.5 Å². The van der Waals surface area contributed by atoms with Gasteiger partial charge in [-0.15, -0.1) is 0 Å². The van der Waals surface area contributed by atoms with E-state index in [-0.39, 0.29) is 23.2 Å². The summed E-state index contributed by atoms with van der Waals surface area (Å²) in [7, 11) is 0. The van der Waals surface area contributed by atoms with Gasteiger partial charge in [0.2, 0.25) is 0 Å². The molecule has 2 heterocycles. The van der Waals surface area contributed by atoms with Crippen molar-refractivity contribution in [1.29, 1.82) is 0 Å². The van der Waals surface area contributed by atoms with Crippen LogP contribution in [0.2, 0.25) is 0 Å². The van der Waals surface area contributed by atoms with Crippen molar-refractivity contribution in [2.24, 2.45) is 11.0 Å². The molecule has 2 aliphatic rings. The Hall–Kier alpha value is -6.03. The van der Waals surface area contributed by atoms with Gasteiger partial charge in [0.05, 0.1) is 38.4 Å². The van der Waals surface area contributed by atoms with Gasteiger partial charge < -0.3 is 0 Å². The van der Waals surface area contributed by atoms with Crippen LogP contribution in [0.1, 0.15) is 46.8 Å². The molecule has 1 amide bonds. The molecule has 226 valence electrons. The fraction of sp³-hybridized carbons (Fsp3) is 0.139. The van der Waals surface area contributed by atoms with Gasteiger partial charge in [-0.2, -0.15) is 5.10 Å². The van der Waals surface area contributed by atoms with E-state index in [0.29, 0.717) is 22.2 Å². The lowest BCUT2D eigenvalue weighted by molar-refractivity contribution is -0.385. The zero-order valence-electron chi connectivity index (χ0n) is 24.5. The van der Waals surface area contributed by atoms with Gasteiger partial charge in [-0.05, 0) is 66.3 Å². The first-order valence-electron chi connectivity index (χ1n) is 14.9. The van der Waals surface area contributed by atoms with Crippen LogP contribution in [0.15, 0.2) is 120 Å². The van der Waals surface area contributed by atoms with Crippen LogP contribution >= 0.6 is 0 Å². The Kier molecular flexibility index (Phi) is 7.38. The Morgan fingerprint density at radius 3 is 2.17 bits per heavy atom. The van der Waals surface area contributed by atoms with E-state index < -0.39 is 15.9 Å². The number of nitro groups is 2. The first-order valence-corrected chi connectivity index (χ1v) is 14.9. The average molecular weight is 610 g/mol. The molecule has 1 aliphatic carbocycles. The number of carbonyl (C=O) groups excluding carboxylic acids is 1. The number of allylic oxidation sites excluding steroid dienone is 1. The van der Waals surface area contributed by atoms with Gasteiger partial charge in [0.15, 0.2) is 0 Å². The third kappa shape index (κ3) is 5.30. The summed E-state index contributed by atoms with van der Waals surface area (Å²) >= 11 is 0. The Morgan fingerprint density at radius 2 is 1.48 bits per heavy atom. The van der Waals surface area contributed by atoms with E-state index in [1.807, 2.05) is 66.7 Å². The molecule has 0 bridgehead atoms. The highest BCUT2D eigenvalue weighted by Gasteiger charge is 2.44. The van der Waals surface area contributed by atoms with E-state index in [2.05, 4.69) is 0 Å². The number of hydrazone groups is 1. The van der Waals surface area contributed by atoms with E-state index >= 15 is 0 Å². The smallest absolute Gasteiger partial charge is 0.267 e. The molecular formula is C36H27N5O5. The minimum atomic E-state index is -0.490. The van der Waals surface area contributed by atoms with Gasteiger partial charge in [0.1, 0.15) is 0 Å². The Bertz CT molecular complexity index is 2060. The number of para-hydroxylation sites is 1. The SMILES string of the molecule is O=C(c1cc(-c2ccccc2)nc2ccccc12)N1N=C2C(=Cc3ccc([N+](=O)[O-])cc3)CCCC2C1c1ccc([N+](=O)[O-])cc1. The van der Waals surface area contributed by atoms with Crippen LogP contribution in [0.25, 0.3) is 28.2 Å². The minimum Gasteiger partial charge on any atom is -0.267 e. The second-order valence-electron chi connectivity index (χ2n) is 11.4. The number of non-ortho nitro benzene ring substituents is 2. The molecule has 1 fully saturated rings. The Morgan fingerprint density at radius 1 is 0.826 bits per heavy atom. The molecule has 1 saturated carbocycles. The van der Waals surface area contributed by atoms with Crippen molar-refractivity contribution in [2.75, 3.05) is 0 Å². The highest BCUT2D eigenvalue weighted by molar-refractivity contribution is 6.12. The highest BCUT2D eigenvalue weighted by atomic mass is 16.6. The number of nitro benzene ring substituents is 2. The molecule has 0 spiro atoms. The van der Waals surface area contributed by atoms with Gasteiger partial charge >= 0.3 is 0 Å². The van der Waals surface area contributed by atoms with E-state index in [4.69, 9.17) is 10.1 Å². The second-order valence-corrected chi connectivity index (χ2v) is 11.4. The topological polar surface area (TPSA) is 132 Å². The number of aromatic nitrogens is 1. The highest BCUT2D eigenvalue weighted by Crippen LogP contribution is 2.45. The van der Waals surface area contributed by atoms with Crippen LogP contribution in [0.5, 0.6) is 0 Å². The molecular weight excluding hydrogens is 582 g/mol. The predicted octanol–water partition coefficient (Wildman–Crippen LogP) is 8.16. The summed E-state index contributed by atoms with van der Waals surface area (Å²) in [6, 6.07) is 31.2. The van der Waals surface area contributed by atoms with E-state index in [1.165, 1.54) is 29.3 Å². The molecule has 46 heavy (non-hydrogen) atoms. The molecule has 2 unspecified atom stereocenters. The van der Waals surface area contributed by atoms with Gasteiger partial charge in [0.25, 0.3) is 17.3 Å². The van der Waals surface area contributed by atoms with Crippen molar-refractivity contribution in [3.8, 4) is 11.3 Å². The van der Waals surface area contributed by atoms with Crippen molar-refractivity contribution < 1.29 is 14.6 Å². The molecule has 10 nitrogen and oxygen atoms in total. The molecule has 0 saturated heterocycles. The number of pyridine rings is 1. The van der Waals surface area contributed by atoms with Gasteiger partial charge in [-0.1, -0.05) is 60.7 Å². The van der Waals surface area contributed by atoms with Crippen molar-refractivity contribution in [2.45, 2.75) is 25.3 Å². The molecule has 0 N–H and O–H groups in total. The minimum absolute atomic E-state index is 0.0105. The molecule has 7 rings (SSSR count). The van der Waals surface area contributed by atoms with Gasteiger partial charge in [-0.25, -0.2) is 9.99 Å². The molecule has 5 aromatic rings. The van der Waals surface area contributed by atoms with E-state index in [9.17, 15) is 25.0 Å². The predicted molar refractivity (Wildman–Crippen MR) is 175 cm³/mol. The van der Waals surface area contributed by atoms with Crippen LogP contribution in [0, 0.1) is 26.1 Å². The lowest BCUT2D eigenvalue weighted by Gasteiger charge is -2.30. The fourth-order valence-corrected chi connectivity index (χ4v) is 6.42. The number of hydrogen-bond acceptors (Lipinski definition) is 7. The Labute approximate surface area is 263 Å². The third-order valence-corrected chi connectivity index (χ3v) is 8.62. The second kappa shape index (κ2) is 11.8.